The fourth-order valence-electron chi connectivity index (χ4n) is 2.76. The second kappa shape index (κ2) is 7.09. The normalized spacial score (nSPS) is 20.1. The standard InChI is InChI=1S/C19H22N2O3/c1-12-4-5-15(20-10-12)8-19(22)18-9-16(6-13(2)21-18)24-17-7-14(3)23-11-17/h4-6,9-10,14,17H,7-8,11H2,1-3H3/t14-,17+/m0/s1. The van der Waals surface area contributed by atoms with E-state index in [2.05, 4.69) is 9.97 Å². The molecule has 0 aromatic carbocycles. The molecule has 1 aliphatic heterocycles. The third kappa shape index (κ3) is 4.17. The van der Waals surface area contributed by atoms with Crippen molar-refractivity contribution < 1.29 is 14.3 Å². The quantitative estimate of drug-likeness (QED) is 0.790. The zero-order valence-corrected chi connectivity index (χ0v) is 14.3. The maximum atomic E-state index is 12.5. The van der Waals surface area contributed by atoms with Crippen LogP contribution in [0.15, 0.2) is 30.5 Å². The van der Waals surface area contributed by atoms with Gasteiger partial charge >= 0.3 is 0 Å². The summed E-state index contributed by atoms with van der Waals surface area (Å²) in [5.74, 6) is 0.612. The van der Waals surface area contributed by atoms with Crippen LogP contribution in [0.5, 0.6) is 5.75 Å². The van der Waals surface area contributed by atoms with E-state index in [9.17, 15) is 4.79 Å². The molecule has 1 fully saturated rings. The Morgan fingerprint density at radius 1 is 1.33 bits per heavy atom. The molecule has 0 radical (unpaired) electrons. The Hall–Kier alpha value is -2.27. The second-order valence-corrected chi connectivity index (χ2v) is 6.38. The number of ether oxygens (including phenoxy) is 2. The van der Waals surface area contributed by atoms with Crippen LogP contribution in [-0.2, 0) is 11.2 Å². The molecule has 0 bridgehead atoms. The molecule has 0 spiro atoms. The molecule has 3 rings (SSSR count). The molecule has 1 saturated heterocycles. The molecule has 2 aromatic heterocycles. The van der Waals surface area contributed by atoms with E-state index in [4.69, 9.17) is 9.47 Å². The Morgan fingerprint density at radius 3 is 2.83 bits per heavy atom. The average Bonchev–Trinajstić information content (AvgIpc) is 2.94. The van der Waals surface area contributed by atoms with Gasteiger partial charge in [0.15, 0.2) is 5.78 Å². The van der Waals surface area contributed by atoms with Crippen molar-refractivity contribution in [1.29, 1.82) is 0 Å². The summed E-state index contributed by atoms with van der Waals surface area (Å²) in [5, 5.41) is 0. The molecule has 2 atom stereocenters. The first-order valence-electron chi connectivity index (χ1n) is 8.21. The van der Waals surface area contributed by atoms with E-state index < -0.39 is 0 Å². The van der Waals surface area contributed by atoms with Gasteiger partial charge in [0.05, 0.1) is 19.1 Å². The molecule has 2 aromatic rings. The van der Waals surface area contributed by atoms with Crippen molar-refractivity contribution >= 4 is 5.78 Å². The van der Waals surface area contributed by atoms with Crippen LogP contribution in [-0.4, -0.2) is 34.6 Å². The van der Waals surface area contributed by atoms with Gasteiger partial charge in [0, 0.05) is 36.1 Å². The van der Waals surface area contributed by atoms with Crippen LogP contribution in [0.25, 0.3) is 0 Å². The van der Waals surface area contributed by atoms with Crippen molar-refractivity contribution in [3.8, 4) is 5.75 Å². The van der Waals surface area contributed by atoms with E-state index >= 15 is 0 Å². The summed E-state index contributed by atoms with van der Waals surface area (Å²) in [6.45, 7) is 6.45. The third-order valence-electron chi connectivity index (χ3n) is 3.99. The van der Waals surface area contributed by atoms with Crippen molar-refractivity contribution in [3.63, 3.8) is 0 Å². The topological polar surface area (TPSA) is 61.3 Å². The Labute approximate surface area is 142 Å². The number of carbonyl (C=O) groups excluding carboxylic acids is 1. The van der Waals surface area contributed by atoms with E-state index in [1.165, 1.54) is 0 Å². The van der Waals surface area contributed by atoms with Gasteiger partial charge in [-0.05, 0) is 32.4 Å². The largest absolute Gasteiger partial charge is 0.488 e. The van der Waals surface area contributed by atoms with Crippen LogP contribution in [0.3, 0.4) is 0 Å². The number of ketones is 1. The summed E-state index contributed by atoms with van der Waals surface area (Å²) < 4.78 is 11.5. The van der Waals surface area contributed by atoms with Crippen LogP contribution in [0, 0.1) is 13.8 Å². The van der Waals surface area contributed by atoms with Gasteiger partial charge < -0.3 is 9.47 Å². The summed E-state index contributed by atoms with van der Waals surface area (Å²) in [4.78, 5) is 21.1. The first-order valence-corrected chi connectivity index (χ1v) is 8.21. The molecule has 0 unspecified atom stereocenters. The molecule has 126 valence electrons. The molecule has 1 aliphatic rings. The fourth-order valence-corrected chi connectivity index (χ4v) is 2.76. The Morgan fingerprint density at radius 2 is 2.17 bits per heavy atom. The van der Waals surface area contributed by atoms with Gasteiger partial charge in [-0.2, -0.15) is 0 Å². The first-order chi connectivity index (χ1) is 11.5. The third-order valence-corrected chi connectivity index (χ3v) is 3.99. The minimum Gasteiger partial charge on any atom is -0.488 e. The molecule has 0 aliphatic carbocycles. The number of carbonyl (C=O) groups is 1. The van der Waals surface area contributed by atoms with Gasteiger partial charge in [0.25, 0.3) is 0 Å². The van der Waals surface area contributed by atoms with Crippen molar-refractivity contribution in [1.82, 2.24) is 9.97 Å². The van der Waals surface area contributed by atoms with Crippen LogP contribution < -0.4 is 4.74 Å². The Kier molecular flexibility index (Phi) is 4.90. The van der Waals surface area contributed by atoms with E-state index in [0.29, 0.717) is 18.1 Å². The maximum absolute atomic E-state index is 12.5. The lowest BCUT2D eigenvalue weighted by Crippen LogP contribution is -2.17. The number of nitrogens with zero attached hydrogens (tertiary/aromatic N) is 2. The van der Waals surface area contributed by atoms with Crippen LogP contribution >= 0.6 is 0 Å². The minimum atomic E-state index is -0.0593. The smallest absolute Gasteiger partial charge is 0.187 e. The number of rotatable bonds is 5. The minimum absolute atomic E-state index is 0.0310. The van der Waals surface area contributed by atoms with Crippen LogP contribution in [0.1, 0.15) is 40.8 Å². The van der Waals surface area contributed by atoms with Crippen molar-refractivity contribution in [2.24, 2.45) is 0 Å². The van der Waals surface area contributed by atoms with Crippen molar-refractivity contribution in [3.05, 3.63) is 53.1 Å². The summed E-state index contributed by atoms with van der Waals surface area (Å²) in [6, 6.07) is 7.39. The van der Waals surface area contributed by atoms with Crippen LogP contribution in [0.4, 0.5) is 0 Å². The molecule has 0 saturated carbocycles. The summed E-state index contributed by atoms with van der Waals surface area (Å²) >= 11 is 0. The van der Waals surface area contributed by atoms with E-state index in [1.807, 2.05) is 39.0 Å². The predicted octanol–water partition coefficient (Wildman–Crippen LogP) is 3.08. The highest BCUT2D eigenvalue weighted by atomic mass is 16.6. The molecular formula is C19H22N2O3. The lowest BCUT2D eigenvalue weighted by molar-refractivity contribution is 0.0984. The lowest BCUT2D eigenvalue weighted by atomic mass is 10.1. The molecule has 24 heavy (non-hydrogen) atoms. The highest BCUT2D eigenvalue weighted by molar-refractivity contribution is 5.95. The van der Waals surface area contributed by atoms with E-state index in [-0.39, 0.29) is 24.4 Å². The number of Topliss-reactive ketones (excluding diaryl/α,β-unsaturated/α-hetero) is 1. The maximum Gasteiger partial charge on any atom is 0.187 e. The predicted molar refractivity (Wildman–Crippen MR) is 90.4 cm³/mol. The summed E-state index contributed by atoms with van der Waals surface area (Å²) in [6.07, 6.45) is 3.11. The fraction of sp³-hybridized carbons (Fsp3) is 0.421. The van der Waals surface area contributed by atoms with E-state index in [0.717, 1.165) is 23.4 Å². The van der Waals surface area contributed by atoms with Gasteiger partial charge in [0.1, 0.15) is 17.5 Å². The van der Waals surface area contributed by atoms with Gasteiger partial charge in [-0.3, -0.25) is 9.78 Å². The molecular weight excluding hydrogens is 304 g/mol. The lowest BCUT2D eigenvalue weighted by Gasteiger charge is -2.13. The SMILES string of the molecule is Cc1ccc(CC(=O)c2cc(O[C@H]3CO[C@@H](C)C3)cc(C)n2)nc1. The molecule has 5 nitrogen and oxygen atoms in total. The van der Waals surface area contributed by atoms with Gasteiger partial charge in [-0.25, -0.2) is 4.98 Å². The number of pyridine rings is 2. The average molecular weight is 326 g/mol. The molecule has 3 heterocycles. The number of aryl methyl sites for hydroxylation is 2. The Bertz CT molecular complexity index is 728. The van der Waals surface area contributed by atoms with E-state index in [1.54, 1.807) is 12.3 Å². The summed E-state index contributed by atoms with van der Waals surface area (Å²) in [5.41, 5.74) is 3.00. The summed E-state index contributed by atoms with van der Waals surface area (Å²) in [7, 11) is 0. The zero-order chi connectivity index (χ0) is 17.1. The number of hydrogen-bond acceptors (Lipinski definition) is 5. The highest BCUT2D eigenvalue weighted by Gasteiger charge is 2.24. The van der Waals surface area contributed by atoms with Gasteiger partial charge in [0.2, 0.25) is 0 Å². The number of hydrogen-bond donors (Lipinski definition) is 0. The van der Waals surface area contributed by atoms with Crippen molar-refractivity contribution in [2.45, 2.75) is 45.8 Å². The number of aromatic nitrogens is 2. The molecule has 5 heteroatoms. The first kappa shape index (κ1) is 16.6. The Balaban J connectivity index is 1.72. The van der Waals surface area contributed by atoms with Crippen LogP contribution in [0.2, 0.25) is 0 Å². The molecule has 0 amide bonds. The second-order valence-electron chi connectivity index (χ2n) is 6.38. The monoisotopic (exact) mass is 326 g/mol. The van der Waals surface area contributed by atoms with Gasteiger partial charge in [-0.15, -0.1) is 0 Å². The van der Waals surface area contributed by atoms with Crippen molar-refractivity contribution in [2.75, 3.05) is 6.61 Å². The van der Waals surface area contributed by atoms with Gasteiger partial charge in [-0.1, -0.05) is 6.07 Å². The zero-order valence-electron chi connectivity index (χ0n) is 14.3. The highest BCUT2D eigenvalue weighted by Crippen LogP contribution is 2.22. The molecule has 0 N–H and O–H groups in total.